The Morgan fingerprint density at radius 1 is 1.10 bits per heavy atom. The van der Waals surface area contributed by atoms with Crippen LogP contribution in [-0.4, -0.2) is 6.79 Å². The van der Waals surface area contributed by atoms with Crippen molar-refractivity contribution in [3.8, 4) is 29.7 Å². The Kier molecular flexibility index (Phi) is 4.52. The van der Waals surface area contributed by atoms with Crippen molar-refractivity contribution in [1.29, 1.82) is 15.8 Å². The molecule has 30 heavy (non-hydrogen) atoms. The van der Waals surface area contributed by atoms with Gasteiger partial charge in [0.15, 0.2) is 16.9 Å². The summed E-state index contributed by atoms with van der Waals surface area (Å²) in [6, 6.07) is 12.1. The molecule has 1 aliphatic heterocycles. The molecule has 3 aliphatic rings. The summed E-state index contributed by atoms with van der Waals surface area (Å²) in [5.41, 5.74) is 6.80. The van der Waals surface area contributed by atoms with Crippen LogP contribution in [0.4, 0.5) is 0 Å². The number of fused-ring (bicyclic) bond motifs is 2. The largest absolute Gasteiger partial charge is 0.454 e. The Labute approximate surface area is 176 Å². The second-order valence-electron chi connectivity index (χ2n) is 9.32. The Bertz CT molecular complexity index is 1070. The molecule has 0 radical (unpaired) electrons. The maximum atomic E-state index is 10.2. The summed E-state index contributed by atoms with van der Waals surface area (Å²) in [6.07, 6.45) is 3.71. The van der Waals surface area contributed by atoms with Gasteiger partial charge < -0.3 is 15.2 Å². The molecular formula is C24H24N4O2. The van der Waals surface area contributed by atoms with Gasteiger partial charge in [0.1, 0.15) is 6.07 Å². The van der Waals surface area contributed by atoms with E-state index in [1.165, 1.54) is 0 Å². The lowest BCUT2D eigenvalue weighted by Gasteiger charge is -2.47. The summed E-state index contributed by atoms with van der Waals surface area (Å²) < 4.78 is 11.0. The zero-order valence-electron chi connectivity index (χ0n) is 17.4. The lowest BCUT2D eigenvalue weighted by molar-refractivity contribution is 0.169. The number of nitrogens with zero attached hydrogens (tertiary/aromatic N) is 3. The predicted molar refractivity (Wildman–Crippen MR) is 110 cm³/mol. The molecule has 2 aliphatic carbocycles. The number of rotatable bonds is 1. The third kappa shape index (κ3) is 2.74. The zero-order valence-corrected chi connectivity index (χ0v) is 17.4. The quantitative estimate of drug-likeness (QED) is 0.752. The van der Waals surface area contributed by atoms with Crippen LogP contribution in [0.15, 0.2) is 41.1 Å². The fourth-order valence-electron chi connectivity index (χ4n) is 5.08. The van der Waals surface area contributed by atoms with Crippen molar-refractivity contribution in [1.82, 2.24) is 0 Å². The topological polar surface area (TPSA) is 116 Å². The highest BCUT2D eigenvalue weighted by Crippen LogP contribution is 2.58. The van der Waals surface area contributed by atoms with E-state index < -0.39 is 11.3 Å². The number of nitrogens with two attached hydrogens (primary N) is 1. The molecule has 0 fully saturated rings. The van der Waals surface area contributed by atoms with Gasteiger partial charge in [-0.15, -0.1) is 0 Å². The standard InChI is InChI=1S/C24H24N4O2/c1-23(2,3)15-5-6-16-17(9-15)21(14-4-7-19-20(8-14)30-13-29-19)24(11-26,12-27)22(28)18(16)10-25/h4,6-8,15,17,21H,5,9,13,28H2,1-3H3/t15-,17+,21-/m1/s1. The normalized spacial score (nSPS) is 26.7. The third-order valence-corrected chi connectivity index (χ3v) is 6.86. The van der Waals surface area contributed by atoms with Crippen LogP contribution < -0.4 is 15.2 Å². The number of nitriles is 3. The number of benzene rings is 1. The maximum absolute atomic E-state index is 10.2. The van der Waals surface area contributed by atoms with Crippen molar-refractivity contribution in [2.24, 2.45) is 28.4 Å². The summed E-state index contributed by atoms with van der Waals surface area (Å²) in [7, 11) is 0. The van der Waals surface area contributed by atoms with Crippen molar-refractivity contribution in [2.45, 2.75) is 39.5 Å². The molecule has 3 atom stereocenters. The Balaban J connectivity index is 1.95. The molecule has 0 saturated carbocycles. The van der Waals surface area contributed by atoms with Gasteiger partial charge in [-0.3, -0.25) is 0 Å². The first-order valence-corrected chi connectivity index (χ1v) is 10.1. The number of hydrogen-bond donors (Lipinski definition) is 1. The number of ether oxygens (including phenoxy) is 2. The highest BCUT2D eigenvalue weighted by atomic mass is 16.7. The SMILES string of the molecule is CC(C)(C)[C@@H]1CC=C2C(C#N)=C(N)C(C#N)(C#N)[C@H](c3ccc4c(c3)OCO4)[C@H]2C1. The Morgan fingerprint density at radius 2 is 1.80 bits per heavy atom. The van der Waals surface area contributed by atoms with E-state index in [4.69, 9.17) is 15.2 Å². The van der Waals surface area contributed by atoms with E-state index in [0.29, 0.717) is 17.4 Å². The zero-order chi connectivity index (χ0) is 21.7. The fourth-order valence-corrected chi connectivity index (χ4v) is 5.08. The van der Waals surface area contributed by atoms with E-state index in [1.54, 1.807) is 0 Å². The number of allylic oxidation sites excluding steroid dienone is 4. The average Bonchev–Trinajstić information content (AvgIpc) is 3.20. The summed E-state index contributed by atoms with van der Waals surface area (Å²) >= 11 is 0. The van der Waals surface area contributed by atoms with Crippen molar-refractivity contribution < 1.29 is 9.47 Å². The van der Waals surface area contributed by atoms with Gasteiger partial charge in [-0.05, 0) is 53.4 Å². The molecule has 0 aromatic heterocycles. The molecule has 4 rings (SSSR count). The highest BCUT2D eigenvalue weighted by Gasteiger charge is 2.55. The lowest BCUT2D eigenvalue weighted by Crippen LogP contribution is -2.44. The first-order chi connectivity index (χ1) is 14.3. The molecular weight excluding hydrogens is 376 g/mol. The molecule has 1 aromatic carbocycles. The minimum absolute atomic E-state index is 0.0503. The van der Waals surface area contributed by atoms with Crippen LogP contribution in [0.5, 0.6) is 11.5 Å². The molecule has 6 nitrogen and oxygen atoms in total. The summed E-state index contributed by atoms with van der Waals surface area (Å²) in [6.45, 7) is 6.75. The molecule has 152 valence electrons. The Morgan fingerprint density at radius 3 is 2.43 bits per heavy atom. The molecule has 0 bridgehead atoms. The molecule has 6 heteroatoms. The van der Waals surface area contributed by atoms with E-state index >= 15 is 0 Å². The van der Waals surface area contributed by atoms with Crippen molar-refractivity contribution in [2.75, 3.05) is 6.79 Å². The second-order valence-corrected chi connectivity index (χ2v) is 9.32. The molecule has 2 N–H and O–H groups in total. The predicted octanol–water partition coefficient (Wildman–Crippen LogP) is 4.28. The van der Waals surface area contributed by atoms with Crippen LogP contribution in [0.1, 0.15) is 45.1 Å². The van der Waals surface area contributed by atoms with E-state index in [-0.39, 0.29) is 29.4 Å². The van der Waals surface area contributed by atoms with Gasteiger partial charge in [0, 0.05) is 5.92 Å². The summed E-state index contributed by atoms with van der Waals surface area (Å²) in [5, 5.41) is 30.2. The van der Waals surface area contributed by atoms with E-state index in [9.17, 15) is 15.8 Å². The number of hydrogen-bond acceptors (Lipinski definition) is 6. The van der Waals surface area contributed by atoms with Gasteiger partial charge in [0.25, 0.3) is 0 Å². The fraction of sp³-hybridized carbons (Fsp3) is 0.458. The van der Waals surface area contributed by atoms with E-state index in [2.05, 4.69) is 45.1 Å². The lowest BCUT2D eigenvalue weighted by atomic mass is 9.54. The first-order valence-electron chi connectivity index (χ1n) is 10.1. The molecule has 0 saturated heterocycles. The monoisotopic (exact) mass is 400 g/mol. The molecule has 0 spiro atoms. The highest BCUT2D eigenvalue weighted by molar-refractivity contribution is 5.60. The van der Waals surface area contributed by atoms with Crippen LogP contribution in [0.25, 0.3) is 0 Å². The van der Waals surface area contributed by atoms with Crippen LogP contribution >= 0.6 is 0 Å². The molecule has 0 amide bonds. The molecule has 0 unspecified atom stereocenters. The maximum Gasteiger partial charge on any atom is 0.231 e. The van der Waals surface area contributed by atoms with Gasteiger partial charge in [0.05, 0.1) is 23.4 Å². The van der Waals surface area contributed by atoms with Gasteiger partial charge in [-0.1, -0.05) is 32.9 Å². The minimum atomic E-state index is -1.62. The summed E-state index contributed by atoms with van der Waals surface area (Å²) in [5.74, 6) is 0.930. The van der Waals surface area contributed by atoms with Gasteiger partial charge in [-0.25, -0.2) is 0 Å². The van der Waals surface area contributed by atoms with Crippen LogP contribution in [0.3, 0.4) is 0 Å². The van der Waals surface area contributed by atoms with Crippen molar-refractivity contribution in [3.63, 3.8) is 0 Å². The Hall–Kier alpha value is -3.43. The second kappa shape index (κ2) is 6.82. The third-order valence-electron chi connectivity index (χ3n) is 6.86. The smallest absolute Gasteiger partial charge is 0.231 e. The van der Waals surface area contributed by atoms with E-state index in [1.807, 2.05) is 18.2 Å². The van der Waals surface area contributed by atoms with Gasteiger partial charge >= 0.3 is 0 Å². The summed E-state index contributed by atoms with van der Waals surface area (Å²) in [4.78, 5) is 0. The van der Waals surface area contributed by atoms with Crippen LogP contribution in [0.2, 0.25) is 0 Å². The molecule has 1 heterocycles. The van der Waals surface area contributed by atoms with Gasteiger partial charge in [0.2, 0.25) is 6.79 Å². The van der Waals surface area contributed by atoms with Crippen LogP contribution in [0, 0.1) is 56.7 Å². The first kappa shape index (κ1) is 19.9. The molecule has 1 aromatic rings. The van der Waals surface area contributed by atoms with Crippen molar-refractivity contribution in [3.05, 3.63) is 46.7 Å². The van der Waals surface area contributed by atoms with E-state index in [0.717, 1.165) is 24.0 Å². The van der Waals surface area contributed by atoms with Crippen molar-refractivity contribution >= 4 is 0 Å². The van der Waals surface area contributed by atoms with Crippen LogP contribution in [-0.2, 0) is 0 Å². The van der Waals surface area contributed by atoms with Gasteiger partial charge in [-0.2, -0.15) is 15.8 Å². The minimum Gasteiger partial charge on any atom is -0.454 e. The average molecular weight is 400 g/mol.